The largest absolute Gasteiger partial charge is 0.350 e. The van der Waals surface area contributed by atoms with Gasteiger partial charge in [-0.15, -0.1) is 0 Å². The maximum absolute atomic E-state index is 12.2. The molecule has 1 aliphatic carbocycles. The molecule has 1 heterocycles. The Balaban J connectivity index is 1.56. The van der Waals surface area contributed by atoms with Crippen LogP contribution in [0.25, 0.3) is 0 Å². The number of aryl methyl sites for hydroxylation is 1. The van der Waals surface area contributed by atoms with Crippen molar-refractivity contribution in [1.82, 2.24) is 14.9 Å². The van der Waals surface area contributed by atoms with E-state index in [0.29, 0.717) is 18.9 Å². The van der Waals surface area contributed by atoms with Crippen molar-refractivity contribution in [3.63, 3.8) is 0 Å². The fraction of sp³-hybridized carbons (Fsp3) is 0.412. The standard InChI is InChI=1S/C17H21N3OS/c1-20-14(11-19-17(20)22-2)10-18-16(21)9-13-8-7-12-5-3-4-6-15(12)13/h3-6,11,13H,7-10H2,1-2H3,(H,18,21). The van der Waals surface area contributed by atoms with Gasteiger partial charge in [0.2, 0.25) is 5.91 Å². The number of hydrogen-bond acceptors (Lipinski definition) is 3. The Hall–Kier alpha value is -1.75. The average Bonchev–Trinajstić information content (AvgIpc) is 3.09. The van der Waals surface area contributed by atoms with Crippen molar-refractivity contribution in [3.05, 3.63) is 47.3 Å². The zero-order chi connectivity index (χ0) is 15.5. The van der Waals surface area contributed by atoms with Crippen molar-refractivity contribution in [2.75, 3.05) is 6.26 Å². The second-order valence-corrected chi connectivity index (χ2v) is 6.48. The van der Waals surface area contributed by atoms with Crippen LogP contribution in [0.4, 0.5) is 0 Å². The normalized spacial score (nSPS) is 16.5. The fourth-order valence-corrected chi connectivity index (χ4v) is 3.67. The van der Waals surface area contributed by atoms with Crippen molar-refractivity contribution >= 4 is 17.7 Å². The van der Waals surface area contributed by atoms with Crippen LogP contribution in [0.1, 0.15) is 35.6 Å². The first kappa shape index (κ1) is 15.2. The van der Waals surface area contributed by atoms with Crippen molar-refractivity contribution in [3.8, 4) is 0 Å². The van der Waals surface area contributed by atoms with Gasteiger partial charge in [-0.3, -0.25) is 4.79 Å². The molecule has 0 spiro atoms. The molecule has 0 aliphatic heterocycles. The third kappa shape index (κ3) is 3.04. The average molecular weight is 315 g/mol. The van der Waals surface area contributed by atoms with Gasteiger partial charge in [-0.2, -0.15) is 0 Å². The van der Waals surface area contributed by atoms with Gasteiger partial charge >= 0.3 is 0 Å². The summed E-state index contributed by atoms with van der Waals surface area (Å²) in [6.45, 7) is 0.539. The number of imidazole rings is 1. The molecule has 1 atom stereocenters. The van der Waals surface area contributed by atoms with E-state index in [9.17, 15) is 4.79 Å². The molecule has 116 valence electrons. The predicted octanol–water partition coefficient (Wildman–Crippen LogP) is 2.88. The summed E-state index contributed by atoms with van der Waals surface area (Å²) in [5, 5.41) is 3.99. The quantitative estimate of drug-likeness (QED) is 0.863. The molecule has 0 bridgehead atoms. The molecule has 1 aliphatic rings. The zero-order valence-corrected chi connectivity index (χ0v) is 13.8. The number of rotatable bonds is 5. The molecular weight excluding hydrogens is 294 g/mol. The van der Waals surface area contributed by atoms with Crippen LogP contribution in [0.15, 0.2) is 35.6 Å². The number of nitrogens with one attached hydrogen (secondary N) is 1. The molecular formula is C17H21N3OS. The SMILES string of the molecule is CSc1ncc(CNC(=O)CC2CCc3ccccc32)n1C. The Morgan fingerprint density at radius 2 is 2.27 bits per heavy atom. The maximum Gasteiger partial charge on any atom is 0.220 e. The van der Waals surface area contributed by atoms with E-state index in [0.717, 1.165) is 23.7 Å². The van der Waals surface area contributed by atoms with Gasteiger partial charge in [-0.25, -0.2) is 4.98 Å². The summed E-state index contributed by atoms with van der Waals surface area (Å²) in [4.78, 5) is 16.5. The summed E-state index contributed by atoms with van der Waals surface area (Å²) in [7, 11) is 1.98. The predicted molar refractivity (Wildman–Crippen MR) is 89.0 cm³/mol. The van der Waals surface area contributed by atoms with E-state index in [1.54, 1.807) is 11.8 Å². The molecule has 1 N–H and O–H groups in total. The number of hydrogen-bond donors (Lipinski definition) is 1. The molecule has 22 heavy (non-hydrogen) atoms. The van der Waals surface area contributed by atoms with Gasteiger partial charge in [0.1, 0.15) is 0 Å². The van der Waals surface area contributed by atoms with E-state index in [1.807, 2.05) is 24.1 Å². The van der Waals surface area contributed by atoms with Crippen LogP contribution in [0.5, 0.6) is 0 Å². The second-order valence-electron chi connectivity index (χ2n) is 5.71. The highest BCUT2D eigenvalue weighted by molar-refractivity contribution is 7.98. The van der Waals surface area contributed by atoms with Crippen molar-refractivity contribution < 1.29 is 4.79 Å². The van der Waals surface area contributed by atoms with Gasteiger partial charge in [-0.1, -0.05) is 36.0 Å². The van der Waals surface area contributed by atoms with Crippen molar-refractivity contribution in [2.45, 2.75) is 36.9 Å². The number of fused-ring (bicyclic) bond motifs is 1. The van der Waals surface area contributed by atoms with E-state index in [4.69, 9.17) is 0 Å². The Kier molecular flexibility index (Phi) is 4.52. The number of thioether (sulfide) groups is 1. The Morgan fingerprint density at radius 3 is 3.05 bits per heavy atom. The Bertz CT molecular complexity index is 680. The fourth-order valence-electron chi connectivity index (χ4n) is 3.12. The van der Waals surface area contributed by atoms with Crippen LogP contribution < -0.4 is 5.32 Å². The Labute approximate surface area is 135 Å². The lowest BCUT2D eigenvalue weighted by Gasteiger charge is -2.12. The third-order valence-electron chi connectivity index (χ3n) is 4.38. The lowest BCUT2D eigenvalue weighted by molar-refractivity contribution is -0.121. The molecule has 0 radical (unpaired) electrons. The molecule has 3 rings (SSSR count). The molecule has 2 aromatic rings. The third-order valence-corrected chi connectivity index (χ3v) is 5.12. The molecule has 0 saturated carbocycles. The van der Waals surface area contributed by atoms with Gasteiger partial charge in [0.05, 0.1) is 18.4 Å². The number of aromatic nitrogens is 2. The number of carbonyl (C=O) groups excluding carboxylic acids is 1. The van der Waals surface area contributed by atoms with Crippen LogP contribution in [-0.4, -0.2) is 21.7 Å². The molecule has 5 heteroatoms. The summed E-state index contributed by atoms with van der Waals surface area (Å²) in [5.74, 6) is 0.484. The highest BCUT2D eigenvalue weighted by Gasteiger charge is 2.24. The minimum absolute atomic E-state index is 0.119. The minimum Gasteiger partial charge on any atom is -0.350 e. The summed E-state index contributed by atoms with van der Waals surface area (Å²) in [6.07, 6.45) is 6.57. The maximum atomic E-state index is 12.2. The summed E-state index contributed by atoms with van der Waals surface area (Å²) in [5.41, 5.74) is 3.78. The van der Waals surface area contributed by atoms with E-state index < -0.39 is 0 Å². The number of benzene rings is 1. The molecule has 0 saturated heterocycles. The van der Waals surface area contributed by atoms with Crippen LogP contribution >= 0.6 is 11.8 Å². The zero-order valence-electron chi connectivity index (χ0n) is 13.0. The van der Waals surface area contributed by atoms with Crippen LogP contribution in [-0.2, 0) is 24.8 Å². The first-order valence-electron chi connectivity index (χ1n) is 7.58. The van der Waals surface area contributed by atoms with E-state index in [-0.39, 0.29) is 5.91 Å². The van der Waals surface area contributed by atoms with Crippen molar-refractivity contribution in [1.29, 1.82) is 0 Å². The van der Waals surface area contributed by atoms with Crippen LogP contribution in [0.3, 0.4) is 0 Å². The van der Waals surface area contributed by atoms with E-state index in [2.05, 4.69) is 34.6 Å². The van der Waals surface area contributed by atoms with Crippen LogP contribution in [0, 0.1) is 0 Å². The highest BCUT2D eigenvalue weighted by Crippen LogP contribution is 2.35. The van der Waals surface area contributed by atoms with Gasteiger partial charge in [0.15, 0.2) is 5.16 Å². The Morgan fingerprint density at radius 1 is 1.45 bits per heavy atom. The summed E-state index contributed by atoms with van der Waals surface area (Å²) >= 11 is 1.61. The monoisotopic (exact) mass is 315 g/mol. The molecule has 0 fully saturated rings. The smallest absolute Gasteiger partial charge is 0.220 e. The lowest BCUT2D eigenvalue weighted by atomic mass is 9.97. The molecule has 1 unspecified atom stereocenters. The first-order chi connectivity index (χ1) is 10.7. The number of amides is 1. The van der Waals surface area contributed by atoms with Gasteiger partial charge < -0.3 is 9.88 Å². The minimum atomic E-state index is 0.119. The highest BCUT2D eigenvalue weighted by atomic mass is 32.2. The number of nitrogens with zero attached hydrogens (tertiary/aromatic N) is 2. The topological polar surface area (TPSA) is 46.9 Å². The summed E-state index contributed by atoms with van der Waals surface area (Å²) in [6, 6.07) is 8.47. The number of carbonyl (C=O) groups is 1. The van der Waals surface area contributed by atoms with Gasteiger partial charge in [-0.05, 0) is 36.1 Å². The lowest BCUT2D eigenvalue weighted by Crippen LogP contribution is -2.25. The van der Waals surface area contributed by atoms with E-state index in [1.165, 1.54) is 11.1 Å². The molecule has 1 amide bonds. The van der Waals surface area contributed by atoms with Crippen LogP contribution in [0.2, 0.25) is 0 Å². The van der Waals surface area contributed by atoms with Crippen molar-refractivity contribution in [2.24, 2.45) is 7.05 Å². The first-order valence-corrected chi connectivity index (χ1v) is 8.80. The molecule has 1 aromatic carbocycles. The summed E-state index contributed by atoms with van der Waals surface area (Å²) < 4.78 is 2.02. The molecule has 1 aromatic heterocycles. The van der Waals surface area contributed by atoms with Gasteiger partial charge in [0.25, 0.3) is 0 Å². The molecule has 4 nitrogen and oxygen atoms in total. The van der Waals surface area contributed by atoms with E-state index >= 15 is 0 Å². The van der Waals surface area contributed by atoms with Gasteiger partial charge in [0, 0.05) is 13.5 Å². The second kappa shape index (κ2) is 6.57.